The van der Waals surface area contributed by atoms with E-state index < -0.39 is 0 Å². The zero-order valence-corrected chi connectivity index (χ0v) is 16.7. The van der Waals surface area contributed by atoms with Gasteiger partial charge in [0.15, 0.2) is 11.6 Å². The maximum absolute atomic E-state index is 6.16. The molecular weight excluding hydrogens is 348 g/mol. The lowest BCUT2D eigenvalue weighted by Gasteiger charge is -2.15. The van der Waals surface area contributed by atoms with Crippen molar-refractivity contribution in [3.05, 3.63) is 72.0 Å². The number of fused-ring (bicyclic) bond motifs is 1. The highest BCUT2D eigenvalue weighted by Crippen LogP contribution is 2.28. The lowest BCUT2D eigenvalue weighted by Crippen LogP contribution is -2.07. The quantitative estimate of drug-likeness (QED) is 0.362. The fourth-order valence-corrected chi connectivity index (χ4v) is 3.54. The van der Waals surface area contributed by atoms with E-state index in [0.717, 1.165) is 41.3 Å². The zero-order chi connectivity index (χ0) is 19.5. The second-order valence-corrected chi connectivity index (χ2v) is 7.45. The lowest BCUT2D eigenvalue weighted by atomic mass is 10.0. The molecule has 28 heavy (non-hydrogen) atoms. The van der Waals surface area contributed by atoms with Crippen LogP contribution in [0.15, 0.2) is 65.3 Å². The first-order valence-corrected chi connectivity index (χ1v) is 9.86. The summed E-state index contributed by atoms with van der Waals surface area (Å²) in [6.07, 6.45) is 2.58. The van der Waals surface area contributed by atoms with Crippen LogP contribution in [0.2, 0.25) is 0 Å². The summed E-state index contributed by atoms with van der Waals surface area (Å²) in [5.41, 5.74) is 4.58. The summed E-state index contributed by atoms with van der Waals surface area (Å²) in [4.78, 5) is 4.77. The van der Waals surface area contributed by atoms with E-state index in [1.807, 2.05) is 30.3 Å². The molecule has 0 fully saturated rings. The summed E-state index contributed by atoms with van der Waals surface area (Å²) in [5, 5.41) is 0. The second kappa shape index (κ2) is 7.93. The Bertz CT molecular complexity index is 1060. The molecule has 0 bridgehead atoms. The molecule has 0 aliphatic heterocycles. The third-order valence-corrected chi connectivity index (χ3v) is 4.97. The number of aryl methyl sites for hydroxylation is 2. The van der Waals surface area contributed by atoms with Gasteiger partial charge in [-0.05, 0) is 60.7 Å². The summed E-state index contributed by atoms with van der Waals surface area (Å²) >= 11 is 0. The van der Waals surface area contributed by atoms with Gasteiger partial charge in [0.05, 0.1) is 23.9 Å². The Morgan fingerprint density at radius 3 is 2.71 bits per heavy atom. The highest BCUT2D eigenvalue weighted by Gasteiger charge is 2.14. The van der Waals surface area contributed by atoms with Crippen molar-refractivity contribution < 1.29 is 9.15 Å². The van der Waals surface area contributed by atoms with Crippen molar-refractivity contribution in [2.24, 2.45) is 0 Å². The number of rotatable bonds is 7. The number of para-hydroxylation sites is 2. The Kier molecular flexibility index (Phi) is 5.20. The molecule has 2 aromatic carbocycles. The highest BCUT2D eigenvalue weighted by atomic mass is 16.5. The fraction of sp³-hybridized carbons (Fsp3) is 0.292. The standard InChI is InChI=1S/C24H26N2O2/c1-17(2)19-12-11-18(3)16-23(19)28-15-7-13-26-21-9-5-4-8-20(21)25-24(26)22-10-6-14-27-22/h4-6,8-12,14,16-17H,7,13,15H2,1-3H3. The van der Waals surface area contributed by atoms with Gasteiger partial charge < -0.3 is 13.7 Å². The van der Waals surface area contributed by atoms with E-state index in [1.54, 1.807) is 6.26 Å². The number of hydrogen-bond donors (Lipinski definition) is 0. The van der Waals surface area contributed by atoms with Crippen LogP contribution in [0.5, 0.6) is 5.75 Å². The summed E-state index contributed by atoms with van der Waals surface area (Å²) in [5.74, 6) is 3.10. The number of nitrogens with zero attached hydrogens (tertiary/aromatic N) is 2. The molecule has 2 aromatic heterocycles. The number of aromatic nitrogens is 2. The summed E-state index contributed by atoms with van der Waals surface area (Å²) < 4.78 is 14.0. The third-order valence-electron chi connectivity index (χ3n) is 4.97. The first-order valence-electron chi connectivity index (χ1n) is 9.86. The molecule has 0 N–H and O–H groups in total. The van der Waals surface area contributed by atoms with Crippen LogP contribution in [-0.2, 0) is 6.54 Å². The Morgan fingerprint density at radius 2 is 1.93 bits per heavy atom. The SMILES string of the molecule is Cc1ccc(C(C)C)c(OCCCn2c(-c3ccco3)nc3ccccc32)c1. The topological polar surface area (TPSA) is 40.2 Å². The Balaban J connectivity index is 1.51. The van der Waals surface area contributed by atoms with Crippen LogP contribution in [0.25, 0.3) is 22.6 Å². The minimum absolute atomic E-state index is 0.443. The van der Waals surface area contributed by atoms with Crippen molar-refractivity contribution in [3.8, 4) is 17.3 Å². The number of hydrogen-bond acceptors (Lipinski definition) is 3. The Hall–Kier alpha value is -3.01. The molecule has 0 radical (unpaired) electrons. The van der Waals surface area contributed by atoms with Gasteiger partial charge in [0.25, 0.3) is 0 Å². The van der Waals surface area contributed by atoms with Crippen molar-refractivity contribution in [3.63, 3.8) is 0 Å². The maximum atomic E-state index is 6.16. The van der Waals surface area contributed by atoms with Gasteiger partial charge in [-0.25, -0.2) is 4.98 Å². The van der Waals surface area contributed by atoms with Crippen LogP contribution in [0.3, 0.4) is 0 Å². The molecule has 0 unspecified atom stereocenters. The summed E-state index contributed by atoms with van der Waals surface area (Å²) in [7, 11) is 0. The zero-order valence-electron chi connectivity index (χ0n) is 16.7. The Morgan fingerprint density at radius 1 is 1.07 bits per heavy atom. The lowest BCUT2D eigenvalue weighted by molar-refractivity contribution is 0.298. The predicted molar refractivity (Wildman–Crippen MR) is 113 cm³/mol. The molecule has 4 heteroatoms. The van der Waals surface area contributed by atoms with Crippen molar-refractivity contribution in [1.82, 2.24) is 9.55 Å². The van der Waals surface area contributed by atoms with Gasteiger partial charge in [-0.15, -0.1) is 0 Å². The van der Waals surface area contributed by atoms with Crippen LogP contribution < -0.4 is 4.74 Å². The van der Waals surface area contributed by atoms with E-state index in [1.165, 1.54) is 11.1 Å². The predicted octanol–water partition coefficient (Wildman–Crippen LogP) is 6.20. The van der Waals surface area contributed by atoms with E-state index in [-0.39, 0.29) is 0 Å². The van der Waals surface area contributed by atoms with Crippen LogP contribution in [0, 0.1) is 6.92 Å². The average molecular weight is 374 g/mol. The monoisotopic (exact) mass is 374 g/mol. The minimum atomic E-state index is 0.443. The van der Waals surface area contributed by atoms with E-state index in [4.69, 9.17) is 14.1 Å². The maximum Gasteiger partial charge on any atom is 0.177 e. The molecule has 0 aliphatic rings. The van der Waals surface area contributed by atoms with Crippen molar-refractivity contribution in [1.29, 1.82) is 0 Å². The van der Waals surface area contributed by atoms with E-state index >= 15 is 0 Å². The van der Waals surface area contributed by atoms with Crippen molar-refractivity contribution in [2.75, 3.05) is 6.61 Å². The van der Waals surface area contributed by atoms with Gasteiger partial charge in [0.1, 0.15) is 5.75 Å². The molecule has 4 nitrogen and oxygen atoms in total. The van der Waals surface area contributed by atoms with Crippen molar-refractivity contribution >= 4 is 11.0 Å². The third kappa shape index (κ3) is 3.68. The van der Waals surface area contributed by atoms with Crippen LogP contribution >= 0.6 is 0 Å². The molecular formula is C24H26N2O2. The molecule has 0 spiro atoms. The van der Waals surface area contributed by atoms with Gasteiger partial charge in [-0.2, -0.15) is 0 Å². The molecule has 0 aliphatic carbocycles. The average Bonchev–Trinajstić information content (AvgIpc) is 3.33. The van der Waals surface area contributed by atoms with E-state index in [2.05, 4.69) is 49.6 Å². The van der Waals surface area contributed by atoms with E-state index in [0.29, 0.717) is 12.5 Å². The fourth-order valence-electron chi connectivity index (χ4n) is 3.54. The molecule has 0 amide bonds. The largest absolute Gasteiger partial charge is 0.493 e. The molecule has 4 aromatic rings. The molecule has 0 saturated carbocycles. The molecule has 0 saturated heterocycles. The van der Waals surface area contributed by atoms with Crippen LogP contribution in [-0.4, -0.2) is 16.2 Å². The van der Waals surface area contributed by atoms with Gasteiger partial charge in [-0.1, -0.05) is 38.1 Å². The first kappa shape index (κ1) is 18.4. The van der Waals surface area contributed by atoms with E-state index in [9.17, 15) is 0 Å². The minimum Gasteiger partial charge on any atom is -0.493 e. The smallest absolute Gasteiger partial charge is 0.177 e. The Labute approximate surface area is 165 Å². The van der Waals surface area contributed by atoms with Gasteiger partial charge in [0, 0.05) is 6.54 Å². The number of benzene rings is 2. The van der Waals surface area contributed by atoms with Crippen LogP contribution in [0.1, 0.15) is 37.3 Å². The highest BCUT2D eigenvalue weighted by molar-refractivity contribution is 5.79. The molecule has 0 atom stereocenters. The molecule has 4 rings (SSSR count). The summed E-state index contributed by atoms with van der Waals surface area (Å²) in [6.45, 7) is 7.98. The molecule has 144 valence electrons. The summed E-state index contributed by atoms with van der Waals surface area (Å²) in [6, 6.07) is 18.5. The van der Waals surface area contributed by atoms with Crippen molar-refractivity contribution in [2.45, 2.75) is 39.7 Å². The normalized spacial score (nSPS) is 11.4. The van der Waals surface area contributed by atoms with Gasteiger partial charge >= 0.3 is 0 Å². The number of imidazole rings is 1. The van der Waals surface area contributed by atoms with Crippen LogP contribution in [0.4, 0.5) is 0 Å². The number of ether oxygens (including phenoxy) is 1. The van der Waals surface area contributed by atoms with Gasteiger partial charge in [-0.3, -0.25) is 0 Å². The first-order chi connectivity index (χ1) is 13.6. The molecule has 2 heterocycles. The van der Waals surface area contributed by atoms with Gasteiger partial charge in [0.2, 0.25) is 0 Å². The second-order valence-electron chi connectivity index (χ2n) is 7.45. The number of furan rings is 1.